The van der Waals surface area contributed by atoms with Crippen molar-refractivity contribution in [1.29, 1.82) is 0 Å². The maximum atomic E-state index is 6.21. The number of benzene rings is 1. The van der Waals surface area contributed by atoms with Crippen LogP contribution in [-0.2, 0) is 13.1 Å². The van der Waals surface area contributed by atoms with Crippen molar-refractivity contribution in [3.8, 4) is 5.69 Å². The Labute approximate surface area is 180 Å². The number of halogens is 2. The van der Waals surface area contributed by atoms with Gasteiger partial charge in [0, 0.05) is 49.4 Å². The first-order valence-electron chi connectivity index (χ1n) is 9.56. The highest BCUT2D eigenvalue weighted by Gasteiger charge is 2.53. The van der Waals surface area contributed by atoms with E-state index in [1.807, 2.05) is 30.5 Å². The van der Waals surface area contributed by atoms with Gasteiger partial charge in [-0.05, 0) is 35.9 Å². The summed E-state index contributed by atoms with van der Waals surface area (Å²) in [4.78, 5) is 9.16. The number of fused-ring (bicyclic) bond motifs is 3. The molecule has 3 aliphatic heterocycles. The molecule has 1 spiro atoms. The Hall–Kier alpha value is -2.35. The Balaban J connectivity index is 0.00000181. The molecule has 7 nitrogen and oxygen atoms in total. The predicted octanol–water partition coefficient (Wildman–Crippen LogP) is 2.67. The van der Waals surface area contributed by atoms with E-state index in [9.17, 15) is 0 Å². The van der Waals surface area contributed by atoms with Crippen LogP contribution >= 0.6 is 24.0 Å². The van der Waals surface area contributed by atoms with Gasteiger partial charge in [-0.25, -0.2) is 4.98 Å². The Bertz CT molecular complexity index is 1040. The van der Waals surface area contributed by atoms with Gasteiger partial charge in [-0.15, -0.1) is 22.6 Å². The van der Waals surface area contributed by atoms with Gasteiger partial charge < -0.3 is 15.1 Å². The molecule has 0 unspecified atom stereocenters. The SMILES string of the molecule is Cl.Clc1ccc2c(c1)CNCc1nnc(N3CC4(CN(c5ccccn5)C4)C3)n1-2. The highest BCUT2D eigenvalue weighted by molar-refractivity contribution is 6.30. The van der Waals surface area contributed by atoms with E-state index in [-0.39, 0.29) is 12.4 Å². The van der Waals surface area contributed by atoms with E-state index in [0.29, 0.717) is 12.0 Å². The van der Waals surface area contributed by atoms with E-state index < -0.39 is 0 Å². The van der Waals surface area contributed by atoms with Gasteiger partial charge in [0.1, 0.15) is 5.82 Å². The quantitative estimate of drug-likeness (QED) is 0.675. The smallest absolute Gasteiger partial charge is 0.231 e. The van der Waals surface area contributed by atoms with Gasteiger partial charge in [0.15, 0.2) is 5.82 Å². The van der Waals surface area contributed by atoms with Crippen LogP contribution in [0.2, 0.25) is 5.02 Å². The Morgan fingerprint density at radius 2 is 1.79 bits per heavy atom. The van der Waals surface area contributed by atoms with E-state index in [0.717, 1.165) is 61.0 Å². The van der Waals surface area contributed by atoms with Crippen LogP contribution in [0.25, 0.3) is 5.69 Å². The molecule has 1 N–H and O–H groups in total. The van der Waals surface area contributed by atoms with E-state index in [1.54, 1.807) is 0 Å². The molecule has 0 amide bonds. The minimum absolute atomic E-state index is 0. The summed E-state index contributed by atoms with van der Waals surface area (Å²) < 4.78 is 2.19. The number of rotatable bonds is 2. The molecule has 0 aliphatic carbocycles. The van der Waals surface area contributed by atoms with Crippen LogP contribution in [0.3, 0.4) is 0 Å². The molecule has 3 aliphatic rings. The highest BCUT2D eigenvalue weighted by Crippen LogP contribution is 2.43. The monoisotopic (exact) mass is 429 g/mol. The third-order valence-corrected chi connectivity index (χ3v) is 6.19. The average Bonchev–Trinajstić information content (AvgIpc) is 2.95. The topological polar surface area (TPSA) is 62.1 Å². The summed E-state index contributed by atoms with van der Waals surface area (Å²) in [5, 5.41) is 13.2. The molecular formula is C20H21Cl2N7. The van der Waals surface area contributed by atoms with E-state index in [4.69, 9.17) is 11.6 Å². The van der Waals surface area contributed by atoms with Crippen LogP contribution < -0.4 is 15.1 Å². The average molecular weight is 430 g/mol. The highest BCUT2D eigenvalue weighted by atomic mass is 35.5. The first kappa shape index (κ1) is 18.7. The number of pyridine rings is 1. The van der Waals surface area contributed by atoms with Gasteiger partial charge in [0.25, 0.3) is 0 Å². The zero-order valence-electron chi connectivity index (χ0n) is 15.8. The molecule has 2 saturated heterocycles. The molecule has 0 bridgehead atoms. The van der Waals surface area contributed by atoms with Crippen molar-refractivity contribution >= 4 is 35.8 Å². The third kappa shape index (κ3) is 2.96. The molecule has 6 rings (SSSR count). The standard InChI is InChI=1S/C20H20ClN7.ClH/c21-15-4-5-16-14(7-15)8-22-9-18-24-25-19(28(16)18)27-12-20(13-27)10-26(11-20)17-3-1-2-6-23-17;/h1-7,22H,8-13H2;1H. The molecule has 29 heavy (non-hydrogen) atoms. The molecule has 9 heteroatoms. The van der Waals surface area contributed by atoms with Crippen LogP contribution in [0.4, 0.5) is 11.8 Å². The number of nitrogens with zero attached hydrogens (tertiary/aromatic N) is 6. The zero-order valence-corrected chi connectivity index (χ0v) is 17.3. The first-order chi connectivity index (χ1) is 13.7. The van der Waals surface area contributed by atoms with Crippen molar-refractivity contribution in [1.82, 2.24) is 25.1 Å². The molecular weight excluding hydrogens is 409 g/mol. The molecule has 5 heterocycles. The Morgan fingerprint density at radius 1 is 0.966 bits per heavy atom. The minimum atomic E-state index is 0. The second kappa shape index (κ2) is 6.86. The summed E-state index contributed by atoms with van der Waals surface area (Å²) in [5.74, 6) is 2.95. The maximum absolute atomic E-state index is 6.21. The van der Waals surface area contributed by atoms with Crippen molar-refractivity contribution in [2.45, 2.75) is 13.1 Å². The van der Waals surface area contributed by atoms with Crippen molar-refractivity contribution in [3.63, 3.8) is 0 Å². The number of anilines is 2. The predicted molar refractivity (Wildman–Crippen MR) is 115 cm³/mol. The molecule has 2 aromatic heterocycles. The van der Waals surface area contributed by atoms with E-state index in [2.05, 4.69) is 47.0 Å². The summed E-state index contributed by atoms with van der Waals surface area (Å²) in [6.07, 6.45) is 1.86. The van der Waals surface area contributed by atoms with E-state index >= 15 is 0 Å². The second-order valence-corrected chi connectivity index (χ2v) is 8.46. The third-order valence-electron chi connectivity index (χ3n) is 5.96. The fraction of sp³-hybridized carbons (Fsp3) is 0.350. The molecule has 3 aromatic rings. The summed E-state index contributed by atoms with van der Waals surface area (Å²) in [6, 6.07) is 12.1. The van der Waals surface area contributed by atoms with Crippen LogP contribution in [0.5, 0.6) is 0 Å². The number of nitrogens with one attached hydrogen (secondary N) is 1. The van der Waals surface area contributed by atoms with Crippen molar-refractivity contribution in [2.24, 2.45) is 5.41 Å². The molecule has 1 aromatic carbocycles. The number of hydrogen-bond acceptors (Lipinski definition) is 6. The molecule has 150 valence electrons. The summed E-state index contributed by atoms with van der Waals surface area (Å²) in [7, 11) is 0. The first-order valence-corrected chi connectivity index (χ1v) is 9.93. The lowest BCUT2D eigenvalue weighted by atomic mass is 9.73. The van der Waals surface area contributed by atoms with Gasteiger partial charge in [0.05, 0.1) is 12.2 Å². The van der Waals surface area contributed by atoms with Crippen LogP contribution in [0.15, 0.2) is 42.6 Å². The van der Waals surface area contributed by atoms with E-state index in [1.165, 1.54) is 5.56 Å². The minimum Gasteiger partial charge on any atom is -0.355 e. The van der Waals surface area contributed by atoms with Gasteiger partial charge in [-0.1, -0.05) is 17.7 Å². The zero-order chi connectivity index (χ0) is 18.7. The maximum Gasteiger partial charge on any atom is 0.231 e. The second-order valence-electron chi connectivity index (χ2n) is 8.03. The van der Waals surface area contributed by atoms with Crippen molar-refractivity contribution < 1.29 is 0 Å². The lowest BCUT2D eigenvalue weighted by Crippen LogP contribution is -2.73. The van der Waals surface area contributed by atoms with Crippen LogP contribution in [0.1, 0.15) is 11.4 Å². The van der Waals surface area contributed by atoms with Gasteiger partial charge in [0.2, 0.25) is 5.95 Å². The Kier molecular flexibility index (Phi) is 4.42. The summed E-state index contributed by atoms with van der Waals surface area (Å²) >= 11 is 6.21. The summed E-state index contributed by atoms with van der Waals surface area (Å²) in [6.45, 7) is 5.59. The lowest BCUT2D eigenvalue weighted by molar-refractivity contribution is 0.153. The van der Waals surface area contributed by atoms with Crippen molar-refractivity contribution in [2.75, 3.05) is 36.0 Å². The lowest BCUT2D eigenvalue weighted by Gasteiger charge is -2.60. The van der Waals surface area contributed by atoms with Gasteiger partial charge in [-0.2, -0.15) is 0 Å². The largest absolute Gasteiger partial charge is 0.355 e. The fourth-order valence-corrected chi connectivity index (χ4v) is 4.86. The van der Waals surface area contributed by atoms with Gasteiger partial charge >= 0.3 is 0 Å². The fourth-order valence-electron chi connectivity index (χ4n) is 4.67. The number of hydrogen-bond donors (Lipinski definition) is 1. The van der Waals surface area contributed by atoms with Crippen LogP contribution in [0, 0.1) is 5.41 Å². The molecule has 2 fully saturated rings. The van der Waals surface area contributed by atoms with Crippen molar-refractivity contribution in [3.05, 3.63) is 59.0 Å². The molecule has 0 atom stereocenters. The number of aromatic nitrogens is 4. The Morgan fingerprint density at radius 3 is 2.59 bits per heavy atom. The molecule has 0 saturated carbocycles. The summed E-state index contributed by atoms with van der Waals surface area (Å²) in [5.41, 5.74) is 2.64. The molecule has 0 radical (unpaired) electrons. The van der Waals surface area contributed by atoms with Crippen LogP contribution in [-0.4, -0.2) is 45.9 Å². The van der Waals surface area contributed by atoms with Gasteiger partial charge in [-0.3, -0.25) is 4.57 Å². The normalized spacial score (nSPS) is 18.8.